The molecule has 1 aromatic rings. The number of hydrogen-bond donors (Lipinski definition) is 1. The summed E-state index contributed by atoms with van der Waals surface area (Å²) in [5, 5.41) is 6.36. The SMILES string of the molecule is CC1=CC(C)=C2C1=Cc1ccc(CCC(=O)O)n1[N+]2(F)F. The van der Waals surface area contributed by atoms with E-state index in [2.05, 4.69) is 0 Å². The number of aryl methyl sites for hydroxylation is 1. The van der Waals surface area contributed by atoms with Crippen LogP contribution >= 0.6 is 0 Å². The van der Waals surface area contributed by atoms with Crippen molar-refractivity contribution in [2.45, 2.75) is 26.7 Å². The molecule has 2 aliphatic rings. The van der Waals surface area contributed by atoms with Crippen molar-refractivity contribution in [3.8, 4) is 0 Å². The molecule has 0 amide bonds. The van der Waals surface area contributed by atoms with Crippen molar-refractivity contribution in [3.05, 3.63) is 52.0 Å². The molecule has 0 radical (unpaired) electrons. The molecule has 4 nitrogen and oxygen atoms in total. The molecule has 0 unspecified atom stereocenters. The molecular weight excluding hydrogens is 278 g/mol. The molecule has 0 fully saturated rings. The van der Waals surface area contributed by atoms with E-state index in [-0.39, 0.29) is 18.5 Å². The molecule has 0 aromatic carbocycles. The van der Waals surface area contributed by atoms with Gasteiger partial charge in [0.2, 0.25) is 0 Å². The summed E-state index contributed by atoms with van der Waals surface area (Å²) in [5.74, 6) is -0.998. The van der Waals surface area contributed by atoms with Crippen LogP contribution in [-0.2, 0) is 11.2 Å². The molecule has 0 saturated heterocycles. The van der Waals surface area contributed by atoms with Crippen molar-refractivity contribution < 1.29 is 18.9 Å². The molecular formula is C15H15F2N2O2+. The number of quaternary nitrogens is 1. The van der Waals surface area contributed by atoms with Crippen LogP contribution in [0.2, 0.25) is 0 Å². The van der Waals surface area contributed by atoms with Crippen LogP contribution in [0.25, 0.3) is 6.08 Å². The summed E-state index contributed by atoms with van der Waals surface area (Å²) in [6.45, 7) is 3.48. The molecule has 0 bridgehead atoms. The van der Waals surface area contributed by atoms with Gasteiger partial charge in [0.1, 0.15) is 5.69 Å². The lowest BCUT2D eigenvalue weighted by Gasteiger charge is -2.24. The van der Waals surface area contributed by atoms with Crippen LogP contribution in [0.5, 0.6) is 0 Å². The number of allylic oxidation sites excluding steroid dienone is 3. The van der Waals surface area contributed by atoms with Gasteiger partial charge in [-0.25, -0.2) is 0 Å². The monoisotopic (exact) mass is 293 g/mol. The van der Waals surface area contributed by atoms with E-state index in [4.69, 9.17) is 5.11 Å². The van der Waals surface area contributed by atoms with Crippen molar-refractivity contribution in [2.24, 2.45) is 0 Å². The van der Waals surface area contributed by atoms with E-state index in [1.54, 1.807) is 31.2 Å². The number of aromatic nitrogens is 1. The maximum atomic E-state index is 14.8. The molecule has 21 heavy (non-hydrogen) atoms. The zero-order valence-electron chi connectivity index (χ0n) is 11.7. The number of hydrogen-bond acceptors (Lipinski definition) is 1. The predicted molar refractivity (Wildman–Crippen MR) is 74.6 cm³/mol. The maximum absolute atomic E-state index is 14.8. The van der Waals surface area contributed by atoms with E-state index in [0.29, 0.717) is 22.5 Å². The van der Waals surface area contributed by atoms with Crippen LogP contribution in [0.3, 0.4) is 0 Å². The molecule has 2 heterocycles. The Balaban J connectivity index is 2.12. The summed E-state index contributed by atoms with van der Waals surface area (Å²) >= 11 is 0. The fourth-order valence-electron chi connectivity index (χ4n) is 2.99. The van der Waals surface area contributed by atoms with Gasteiger partial charge in [0, 0.05) is 12.0 Å². The number of fused-ring (bicyclic) bond motifs is 2. The maximum Gasteiger partial charge on any atom is 0.303 e. The van der Waals surface area contributed by atoms with Crippen LogP contribution in [0, 0.1) is 0 Å². The lowest BCUT2D eigenvalue weighted by Crippen LogP contribution is -2.45. The van der Waals surface area contributed by atoms with Crippen LogP contribution in [-0.4, -0.2) is 15.8 Å². The Morgan fingerprint density at radius 2 is 2.00 bits per heavy atom. The number of halogens is 2. The molecule has 110 valence electrons. The Hall–Kier alpha value is -2.21. The van der Waals surface area contributed by atoms with Gasteiger partial charge in [0.15, 0.2) is 5.04 Å². The topological polar surface area (TPSA) is 42.2 Å². The minimum atomic E-state index is -2.39. The van der Waals surface area contributed by atoms with Crippen molar-refractivity contribution in [3.63, 3.8) is 0 Å². The number of carboxylic acid groups (broad SMARTS) is 1. The predicted octanol–water partition coefficient (Wildman–Crippen LogP) is 3.34. The molecule has 1 aliphatic heterocycles. The first-order valence-electron chi connectivity index (χ1n) is 6.66. The molecule has 1 aromatic heterocycles. The zero-order chi connectivity index (χ0) is 15.4. The minimum absolute atomic E-state index is 0.0345. The molecule has 0 spiro atoms. The summed E-state index contributed by atoms with van der Waals surface area (Å²) in [6, 6.07) is 3.17. The Labute approximate surface area is 120 Å². The third-order valence-electron chi connectivity index (χ3n) is 3.86. The van der Waals surface area contributed by atoms with Crippen molar-refractivity contribution in [2.75, 3.05) is 0 Å². The van der Waals surface area contributed by atoms with Crippen LogP contribution in [0.15, 0.2) is 40.6 Å². The van der Waals surface area contributed by atoms with Gasteiger partial charge in [-0.3, -0.25) is 4.79 Å². The highest BCUT2D eigenvalue weighted by molar-refractivity contribution is 5.72. The fourth-order valence-corrected chi connectivity index (χ4v) is 2.99. The smallest absolute Gasteiger partial charge is 0.303 e. The van der Waals surface area contributed by atoms with E-state index in [9.17, 15) is 13.8 Å². The molecule has 3 rings (SSSR count). The molecule has 0 atom stereocenters. The fraction of sp³-hybridized carbons (Fsp3) is 0.267. The number of nitrogens with zero attached hydrogens (tertiary/aromatic N) is 2. The molecule has 1 N–H and O–H groups in total. The lowest BCUT2D eigenvalue weighted by molar-refractivity contribution is -0.202. The van der Waals surface area contributed by atoms with Gasteiger partial charge in [0.25, 0.3) is 5.70 Å². The summed E-state index contributed by atoms with van der Waals surface area (Å²) in [4.78, 5) is 10.7. The second kappa shape index (κ2) is 4.39. The Bertz CT molecular complexity index is 739. The first-order chi connectivity index (χ1) is 9.82. The summed E-state index contributed by atoms with van der Waals surface area (Å²) in [7, 11) is 0. The highest BCUT2D eigenvalue weighted by Crippen LogP contribution is 2.43. The number of aliphatic carboxylic acids is 1. The largest absolute Gasteiger partial charge is 0.481 e. The lowest BCUT2D eigenvalue weighted by atomic mass is 10.1. The highest BCUT2D eigenvalue weighted by Gasteiger charge is 2.50. The van der Waals surface area contributed by atoms with E-state index in [0.717, 1.165) is 10.2 Å². The van der Waals surface area contributed by atoms with E-state index >= 15 is 0 Å². The van der Waals surface area contributed by atoms with E-state index in [1.165, 1.54) is 0 Å². The van der Waals surface area contributed by atoms with Gasteiger partial charge < -0.3 is 5.11 Å². The quantitative estimate of drug-likeness (QED) is 0.868. The van der Waals surface area contributed by atoms with Crippen molar-refractivity contribution in [1.29, 1.82) is 0 Å². The van der Waals surface area contributed by atoms with Crippen LogP contribution in [0.1, 0.15) is 31.7 Å². The van der Waals surface area contributed by atoms with Gasteiger partial charge in [-0.2, -0.15) is 0 Å². The highest BCUT2D eigenvalue weighted by atomic mass is 19.4. The Morgan fingerprint density at radius 3 is 2.67 bits per heavy atom. The van der Waals surface area contributed by atoms with Gasteiger partial charge in [-0.1, -0.05) is 0 Å². The number of rotatable bonds is 3. The van der Waals surface area contributed by atoms with E-state index in [1.807, 2.05) is 6.92 Å². The first kappa shape index (κ1) is 13.8. The zero-order valence-corrected chi connectivity index (χ0v) is 11.7. The Kier molecular flexibility index (Phi) is 2.88. The first-order valence-corrected chi connectivity index (χ1v) is 6.66. The van der Waals surface area contributed by atoms with Gasteiger partial charge in [-0.15, -0.1) is 4.68 Å². The van der Waals surface area contributed by atoms with Crippen LogP contribution in [0.4, 0.5) is 8.96 Å². The molecule has 6 heteroatoms. The average molecular weight is 293 g/mol. The Morgan fingerprint density at radius 1 is 1.29 bits per heavy atom. The van der Waals surface area contributed by atoms with E-state index < -0.39 is 11.0 Å². The molecule has 0 saturated carbocycles. The number of carboxylic acids is 1. The van der Waals surface area contributed by atoms with Crippen LogP contribution < -0.4 is 5.04 Å². The number of carbonyl (C=O) groups is 1. The standard InChI is InChI=1S/C15H14F2N2O2/c1-9-7-10(2)15-13(9)8-12-4-3-11(5-6-14(20)21)18(12)19(15,16)17/h3-4,7-8H,5-6H2,1-2H3/p+1. The third-order valence-corrected chi connectivity index (χ3v) is 3.86. The third kappa shape index (κ3) is 1.94. The summed E-state index contributed by atoms with van der Waals surface area (Å²) < 4.78 is 30.5. The minimum Gasteiger partial charge on any atom is -0.481 e. The van der Waals surface area contributed by atoms with Gasteiger partial charge >= 0.3 is 5.97 Å². The second-order valence-corrected chi connectivity index (χ2v) is 5.36. The van der Waals surface area contributed by atoms with Gasteiger partial charge in [0.05, 0.1) is 26.7 Å². The molecule has 1 aliphatic carbocycles. The average Bonchev–Trinajstić information content (AvgIpc) is 2.90. The summed E-state index contributed by atoms with van der Waals surface area (Å²) in [6.07, 6.45) is 3.38. The van der Waals surface area contributed by atoms with Crippen molar-refractivity contribution in [1.82, 2.24) is 9.71 Å². The normalized spacial score (nSPS) is 19.0. The second-order valence-electron chi connectivity index (χ2n) is 5.36. The van der Waals surface area contributed by atoms with Gasteiger partial charge in [-0.05, 0) is 43.7 Å². The van der Waals surface area contributed by atoms with Crippen molar-refractivity contribution >= 4 is 12.0 Å². The summed E-state index contributed by atoms with van der Waals surface area (Å²) in [5.41, 5.74) is 2.58.